The number of carboxylic acid groups (broad SMARTS) is 2. The lowest BCUT2D eigenvalue weighted by atomic mass is 9.96. The molecule has 0 bridgehead atoms. The maximum Gasteiger partial charge on any atom is 0.336 e. The van der Waals surface area contributed by atoms with E-state index >= 15 is 0 Å². The van der Waals surface area contributed by atoms with Gasteiger partial charge in [-0.3, -0.25) is 9.59 Å². The number of carbonyl (C=O) groups is 3. The third kappa shape index (κ3) is 7.04. The highest BCUT2D eigenvalue weighted by Gasteiger charge is 2.41. The van der Waals surface area contributed by atoms with E-state index in [4.69, 9.17) is 14.9 Å². The van der Waals surface area contributed by atoms with Gasteiger partial charge in [0.05, 0.1) is 19.1 Å². The molecule has 0 radical (unpaired) electrons. The predicted molar refractivity (Wildman–Crippen MR) is 61.2 cm³/mol. The van der Waals surface area contributed by atoms with Crippen LogP contribution >= 0.6 is 0 Å². The highest BCUT2D eigenvalue weighted by atomic mass is 16.6. The summed E-state index contributed by atoms with van der Waals surface area (Å²) >= 11 is 0. The summed E-state index contributed by atoms with van der Waals surface area (Å²) in [5.74, 6) is -4.35. The molecular formula is C11H16O8. The molecule has 3 N–H and O–H groups in total. The Kier molecular flexibility index (Phi) is 7.20. The normalized spacial score (nSPS) is 13.8. The molecular weight excluding hydrogens is 260 g/mol. The van der Waals surface area contributed by atoms with Crippen molar-refractivity contribution in [1.29, 1.82) is 0 Å². The van der Waals surface area contributed by atoms with E-state index in [2.05, 4.69) is 4.74 Å². The Morgan fingerprint density at radius 1 is 1.16 bits per heavy atom. The monoisotopic (exact) mass is 276 g/mol. The molecule has 0 rings (SSSR count). The summed E-state index contributed by atoms with van der Waals surface area (Å²) in [5, 5.41) is 26.7. The number of carbonyl (C=O) groups excluding carboxylic acids is 1. The van der Waals surface area contributed by atoms with E-state index in [0.717, 1.165) is 0 Å². The molecule has 0 aromatic rings. The van der Waals surface area contributed by atoms with Gasteiger partial charge in [0, 0.05) is 0 Å². The third-order valence-corrected chi connectivity index (χ3v) is 1.98. The van der Waals surface area contributed by atoms with Crippen molar-refractivity contribution in [1.82, 2.24) is 0 Å². The lowest BCUT2D eigenvalue weighted by Gasteiger charge is -2.20. The summed E-state index contributed by atoms with van der Waals surface area (Å²) < 4.78 is 9.45. The van der Waals surface area contributed by atoms with E-state index in [9.17, 15) is 19.5 Å². The van der Waals surface area contributed by atoms with Crippen LogP contribution in [-0.2, 0) is 23.9 Å². The fraction of sp³-hybridized carbons (Fsp3) is 0.545. The Bertz CT molecular complexity index is 362. The lowest BCUT2D eigenvalue weighted by molar-refractivity contribution is -0.172. The Morgan fingerprint density at radius 2 is 1.79 bits per heavy atom. The number of esters is 1. The summed E-state index contributed by atoms with van der Waals surface area (Å²) in [7, 11) is 0. The Morgan fingerprint density at radius 3 is 2.26 bits per heavy atom. The van der Waals surface area contributed by atoms with E-state index < -0.39 is 36.4 Å². The summed E-state index contributed by atoms with van der Waals surface area (Å²) in [6.07, 6.45) is 0.967. The first-order chi connectivity index (χ1) is 8.81. The van der Waals surface area contributed by atoms with Gasteiger partial charge in [-0.05, 0) is 6.92 Å². The van der Waals surface area contributed by atoms with E-state index in [1.54, 1.807) is 13.0 Å². The Labute approximate surface area is 109 Å². The van der Waals surface area contributed by atoms with E-state index in [1.807, 2.05) is 0 Å². The summed E-state index contributed by atoms with van der Waals surface area (Å²) in [6.45, 7) is 1.66. The second-order valence-corrected chi connectivity index (χ2v) is 3.64. The molecule has 0 amide bonds. The molecule has 8 nitrogen and oxygen atoms in total. The highest BCUT2D eigenvalue weighted by molar-refractivity contribution is 5.88. The van der Waals surface area contributed by atoms with Gasteiger partial charge in [-0.25, -0.2) is 4.79 Å². The largest absolute Gasteiger partial charge is 0.498 e. The SMILES string of the molecule is CC=COCCOC(=O)CC(O)(CC(=O)O)C(=O)O. The molecule has 19 heavy (non-hydrogen) atoms. The molecule has 1 unspecified atom stereocenters. The molecule has 0 aliphatic heterocycles. The standard InChI is InChI=1S/C11H16O8/c1-2-3-18-4-5-19-9(14)7-11(17,10(15)16)6-8(12)13/h2-3,17H,4-7H2,1H3,(H,12,13)(H,15,16). The van der Waals surface area contributed by atoms with Crippen LogP contribution in [0.5, 0.6) is 0 Å². The van der Waals surface area contributed by atoms with Gasteiger partial charge in [0.1, 0.15) is 13.2 Å². The number of hydrogen-bond acceptors (Lipinski definition) is 6. The number of rotatable bonds is 9. The molecule has 0 aliphatic rings. The highest BCUT2D eigenvalue weighted by Crippen LogP contribution is 2.16. The van der Waals surface area contributed by atoms with Gasteiger partial charge >= 0.3 is 17.9 Å². The molecule has 0 saturated heterocycles. The van der Waals surface area contributed by atoms with Crippen LogP contribution in [0, 0.1) is 0 Å². The smallest absolute Gasteiger partial charge is 0.336 e. The van der Waals surface area contributed by atoms with E-state index in [0.29, 0.717) is 0 Å². The zero-order valence-corrected chi connectivity index (χ0v) is 10.4. The third-order valence-electron chi connectivity index (χ3n) is 1.98. The number of aliphatic carboxylic acids is 2. The molecule has 0 spiro atoms. The van der Waals surface area contributed by atoms with Gasteiger partial charge in [-0.2, -0.15) is 0 Å². The van der Waals surface area contributed by atoms with Gasteiger partial charge < -0.3 is 24.8 Å². The molecule has 0 heterocycles. The molecule has 1 atom stereocenters. The first kappa shape index (κ1) is 16.9. The van der Waals surface area contributed by atoms with Crippen LogP contribution in [0.1, 0.15) is 19.8 Å². The number of hydrogen-bond donors (Lipinski definition) is 3. The molecule has 0 aliphatic carbocycles. The van der Waals surface area contributed by atoms with E-state index in [1.165, 1.54) is 6.26 Å². The van der Waals surface area contributed by atoms with Crippen molar-refractivity contribution >= 4 is 17.9 Å². The molecule has 0 fully saturated rings. The minimum absolute atomic E-state index is 0.0700. The van der Waals surface area contributed by atoms with Gasteiger partial charge in [0.25, 0.3) is 0 Å². The van der Waals surface area contributed by atoms with Crippen molar-refractivity contribution in [3.05, 3.63) is 12.3 Å². The topological polar surface area (TPSA) is 130 Å². The first-order valence-electron chi connectivity index (χ1n) is 5.38. The zero-order valence-electron chi connectivity index (χ0n) is 10.4. The molecule has 0 aromatic carbocycles. The number of aliphatic hydroxyl groups is 1. The van der Waals surface area contributed by atoms with Gasteiger partial charge in [-0.15, -0.1) is 0 Å². The van der Waals surface area contributed by atoms with Crippen LogP contribution in [0.25, 0.3) is 0 Å². The van der Waals surface area contributed by atoms with Crippen molar-refractivity contribution in [2.45, 2.75) is 25.4 Å². The summed E-state index contributed by atoms with van der Waals surface area (Å²) in [4.78, 5) is 32.4. The van der Waals surface area contributed by atoms with Gasteiger partial charge in [-0.1, -0.05) is 6.08 Å². The van der Waals surface area contributed by atoms with Crippen molar-refractivity contribution in [2.75, 3.05) is 13.2 Å². The first-order valence-corrected chi connectivity index (χ1v) is 5.38. The van der Waals surface area contributed by atoms with Crippen LogP contribution in [0.3, 0.4) is 0 Å². The fourth-order valence-corrected chi connectivity index (χ4v) is 1.12. The minimum atomic E-state index is -2.67. The van der Waals surface area contributed by atoms with E-state index in [-0.39, 0.29) is 13.2 Å². The molecule has 108 valence electrons. The van der Waals surface area contributed by atoms with Crippen LogP contribution in [0.4, 0.5) is 0 Å². The summed E-state index contributed by atoms with van der Waals surface area (Å²) in [5.41, 5.74) is -2.67. The maximum absolute atomic E-state index is 11.3. The van der Waals surface area contributed by atoms with Crippen molar-refractivity contribution < 1.29 is 39.2 Å². The van der Waals surface area contributed by atoms with Crippen molar-refractivity contribution in [3.63, 3.8) is 0 Å². The molecule has 0 aromatic heterocycles. The quantitative estimate of drug-likeness (QED) is 0.299. The van der Waals surface area contributed by atoms with Gasteiger partial charge in [0.15, 0.2) is 5.60 Å². The average molecular weight is 276 g/mol. The maximum atomic E-state index is 11.3. The lowest BCUT2D eigenvalue weighted by Crippen LogP contribution is -2.43. The molecule has 8 heteroatoms. The number of ether oxygens (including phenoxy) is 2. The van der Waals surface area contributed by atoms with Crippen molar-refractivity contribution in [2.24, 2.45) is 0 Å². The number of allylic oxidation sites excluding steroid dienone is 1. The molecule has 0 saturated carbocycles. The predicted octanol–water partition coefficient (Wildman–Crippen LogP) is -0.240. The average Bonchev–Trinajstić information content (AvgIpc) is 2.27. The number of carboxylic acids is 2. The van der Waals surface area contributed by atoms with Gasteiger partial charge in [0.2, 0.25) is 0 Å². The fourth-order valence-electron chi connectivity index (χ4n) is 1.12. The summed E-state index contributed by atoms with van der Waals surface area (Å²) in [6, 6.07) is 0. The van der Waals surface area contributed by atoms with Crippen LogP contribution in [0.2, 0.25) is 0 Å². The Hall–Kier alpha value is -2.09. The second kappa shape index (κ2) is 8.09. The zero-order chi connectivity index (χ0) is 14.9. The second-order valence-electron chi connectivity index (χ2n) is 3.64. The van der Waals surface area contributed by atoms with Crippen LogP contribution in [0.15, 0.2) is 12.3 Å². The Balaban J connectivity index is 4.25. The van der Waals surface area contributed by atoms with Crippen LogP contribution < -0.4 is 0 Å². The minimum Gasteiger partial charge on any atom is -0.498 e. The van der Waals surface area contributed by atoms with Crippen LogP contribution in [-0.4, -0.2) is 52.0 Å². The van der Waals surface area contributed by atoms with Crippen molar-refractivity contribution in [3.8, 4) is 0 Å².